The summed E-state index contributed by atoms with van der Waals surface area (Å²) in [5, 5.41) is 8.37. The zero-order valence-electron chi connectivity index (χ0n) is 10.1. The number of nitrogens with zero attached hydrogens (tertiary/aromatic N) is 2. The molecule has 102 valence electrons. The Bertz CT molecular complexity index is 509. The minimum absolute atomic E-state index is 0.0279. The molecule has 0 atom stereocenters. The van der Waals surface area contributed by atoms with E-state index in [4.69, 9.17) is 5.73 Å². The second-order valence-electron chi connectivity index (χ2n) is 3.67. The normalized spacial score (nSPS) is 11.2. The maximum absolute atomic E-state index is 11.7. The average Bonchev–Trinajstić information content (AvgIpc) is 2.71. The van der Waals surface area contributed by atoms with Crippen molar-refractivity contribution in [3.8, 4) is 0 Å². The van der Waals surface area contributed by atoms with Crippen molar-refractivity contribution in [2.24, 2.45) is 0 Å². The van der Waals surface area contributed by atoms with Crippen molar-refractivity contribution in [2.75, 3.05) is 32.9 Å². The number of rotatable bonds is 5. The van der Waals surface area contributed by atoms with Gasteiger partial charge < -0.3 is 16.0 Å². The molecule has 2 amide bonds. The van der Waals surface area contributed by atoms with E-state index < -0.39 is 10.0 Å². The molecule has 1 heterocycles. The smallest absolute Gasteiger partial charge is 0.316 e. The van der Waals surface area contributed by atoms with Gasteiger partial charge in [-0.15, -0.1) is 0 Å². The summed E-state index contributed by atoms with van der Waals surface area (Å²) in [6.45, 7) is 0.237. The lowest BCUT2D eigenvalue weighted by molar-refractivity contribution is 0.217. The van der Waals surface area contributed by atoms with E-state index in [1.54, 1.807) is 14.1 Å². The lowest BCUT2D eigenvalue weighted by Crippen LogP contribution is -2.39. The van der Waals surface area contributed by atoms with Gasteiger partial charge in [-0.05, 0) is 0 Å². The van der Waals surface area contributed by atoms with Crippen LogP contribution in [0.2, 0.25) is 0 Å². The van der Waals surface area contributed by atoms with Crippen molar-refractivity contribution in [1.29, 1.82) is 0 Å². The molecule has 9 nitrogen and oxygen atoms in total. The molecule has 1 aromatic rings. The van der Waals surface area contributed by atoms with Crippen molar-refractivity contribution < 1.29 is 13.2 Å². The molecule has 0 aliphatic rings. The van der Waals surface area contributed by atoms with Gasteiger partial charge >= 0.3 is 6.03 Å². The maximum Gasteiger partial charge on any atom is 0.316 e. The standard InChI is InChI=1S/C8H16N6O3S/c1-14(2)8(15)10-3-4-12-18(16,17)6-5-11-13-7(6)9/h5,12H,3-4H2,1-2H3,(H,10,15)(H3,9,11,13). The first kappa shape index (κ1) is 14.3. The van der Waals surface area contributed by atoms with Crippen molar-refractivity contribution >= 4 is 21.9 Å². The van der Waals surface area contributed by atoms with E-state index in [2.05, 4.69) is 20.2 Å². The monoisotopic (exact) mass is 276 g/mol. The van der Waals surface area contributed by atoms with Crippen molar-refractivity contribution in [3.63, 3.8) is 0 Å². The molecule has 0 bridgehead atoms. The SMILES string of the molecule is CN(C)C(=O)NCCNS(=O)(=O)c1cn[nH]c1N. The molecule has 18 heavy (non-hydrogen) atoms. The van der Waals surface area contributed by atoms with Crippen LogP contribution < -0.4 is 15.8 Å². The Labute approximate surface area is 105 Å². The Balaban J connectivity index is 2.45. The first-order valence-electron chi connectivity index (χ1n) is 5.08. The van der Waals surface area contributed by atoms with E-state index in [9.17, 15) is 13.2 Å². The zero-order chi connectivity index (χ0) is 13.8. The molecule has 0 saturated carbocycles. The van der Waals surface area contributed by atoms with Gasteiger partial charge in [0, 0.05) is 27.2 Å². The number of sulfonamides is 1. The number of urea groups is 1. The van der Waals surface area contributed by atoms with Gasteiger partial charge in [0.1, 0.15) is 10.7 Å². The van der Waals surface area contributed by atoms with Gasteiger partial charge in [0.05, 0.1) is 6.20 Å². The van der Waals surface area contributed by atoms with Crippen molar-refractivity contribution in [3.05, 3.63) is 6.20 Å². The van der Waals surface area contributed by atoms with Gasteiger partial charge in [-0.3, -0.25) is 5.10 Å². The minimum Gasteiger partial charge on any atom is -0.383 e. The number of nitrogens with two attached hydrogens (primary N) is 1. The van der Waals surface area contributed by atoms with Crippen LogP contribution in [0, 0.1) is 0 Å². The summed E-state index contributed by atoms with van der Waals surface area (Å²) in [6, 6.07) is -0.294. The molecule has 10 heteroatoms. The van der Waals surface area contributed by atoms with Gasteiger partial charge in [0.25, 0.3) is 0 Å². The zero-order valence-corrected chi connectivity index (χ0v) is 10.9. The molecule has 0 fully saturated rings. The number of anilines is 1. The largest absolute Gasteiger partial charge is 0.383 e. The topological polar surface area (TPSA) is 133 Å². The first-order valence-corrected chi connectivity index (χ1v) is 6.56. The van der Waals surface area contributed by atoms with Crippen molar-refractivity contribution in [2.45, 2.75) is 4.90 Å². The Kier molecular flexibility index (Phi) is 4.50. The second-order valence-corrected chi connectivity index (χ2v) is 5.41. The minimum atomic E-state index is -3.70. The summed E-state index contributed by atoms with van der Waals surface area (Å²) in [6.07, 6.45) is 1.12. The predicted octanol–water partition coefficient (Wildman–Crippen LogP) is -1.46. The number of aromatic amines is 1. The number of amides is 2. The summed E-state index contributed by atoms with van der Waals surface area (Å²) in [5.41, 5.74) is 5.41. The summed E-state index contributed by atoms with van der Waals surface area (Å²) >= 11 is 0. The molecule has 5 N–H and O–H groups in total. The number of aromatic nitrogens is 2. The number of hydrogen-bond donors (Lipinski definition) is 4. The summed E-state index contributed by atoms with van der Waals surface area (Å²) < 4.78 is 25.7. The molecule has 0 aliphatic heterocycles. The highest BCUT2D eigenvalue weighted by molar-refractivity contribution is 7.89. The predicted molar refractivity (Wildman–Crippen MR) is 65.3 cm³/mol. The van der Waals surface area contributed by atoms with Crippen LogP contribution in [0.25, 0.3) is 0 Å². The molecule has 0 spiro atoms. The van der Waals surface area contributed by atoms with Crippen LogP contribution in [-0.2, 0) is 10.0 Å². The van der Waals surface area contributed by atoms with Gasteiger partial charge in [-0.1, -0.05) is 0 Å². The molecule has 1 aromatic heterocycles. The highest BCUT2D eigenvalue weighted by Gasteiger charge is 2.18. The third-order valence-electron chi connectivity index (χ3n) is 2.02. The van der Waals surface area contributed by atoms with E-state index in [-0.39, 0.29) is 29.8 Å². The number of carbonyl (C=O) groups excluding carboxylic acids is 1. The van der Waals surface area contributed by atoms with E-state index in [0.29, 0.717) is 0 Å². The molecular formula is C8H16N6O3S. The Morgan fingerprint density at radius 1 is 1.50 bits per heavy atom. The summed E-state index contributed by atoms with van der Waals surface area (Å²) in [7, 11) is -0.522. The Hall–Kier alpha value is -1.81. The summed E-state index contributed by atoms with van der Waals surface area (Å²) in [5.74, 6) is -0.0279. The lowest BCUT2D eigenvalue weighted by Gasteiger charge is -2.12. The van der Waals surface area contributed by atoms with Gasteiger partial charge in [0.2, 0.25) is 10.0 Å². The van der Waals surface area contributed by atoms with Gasteiger partial charge in [-0.2, -0.15) is 5.10 Å². The fraction of sp³-hybridized carbons (Fsp3) is 0.500. The molecule has 1 rings (SSSR count). The van der Waals surface area contributed by atoms with Gasteiger partial charge in [0.15, 0.2) is 0 Å². The second kappa shape index (κ2) is 5.69. The third-order valence-corrected chi connectivity index (χ3v) is 3.51. The van der Waals surface area contributed by atoms with Gasteiger partial charge in [-0.25, -0.2) is 17.9 Å². The van der Waals surface area contributed by atoms with E-state index in [1.807, 2.05) is 0 Å². The molecule has 0 radical (unpaired) electrons. The number of nitrogen functional groups attached to an aromatic ring is 1. The van der Waals surface area contributed by atoms with Crippen LogP contribution in [-0.4, -0.2) is 56.7 Å². The molecule has 0 aromatic carbocycles. The Morgan fingerprint density at radius 2 is 2.17 bits per heavy atom. The number of hydrogen-bond acceptors (Lipinski definition) is 5. The molecule has 0 unspecified atom stereocenters. The molecule has 0 aliphatic carbocycles. The maximum atomic E-state index is 11.7. The number of H-pyrrole nitrogens is 1. The number of nitrogens with one attached hydrogen (secondary N) is 3. The molecular weight excluding hydrogens is 260 g/mol. The van der Waals surface area contributed by atoms with E-state index in [1.165, 1.54) is 4.90 Å². The average molecular weight is 276 g/mol. The van der Waals surface area contributed by atoms with Crippen LogP contribution in [0.15, 0.2) is 11.1 Å². The molecule has 0 saturated heterocycles. The van der Waals surface area contributed by atoms with Crippen LogP contribution >= 0.6 is 0 Å². The van der Waals surface area contributed by atoms with E-state index in [0.717, 1.165) is 6.20 Å². The fourth-order valence-corrected chi connectivity index (χ4v) is 2.14. The lowest BCUT2D eigenvalue weighted by atomic mass is 10.6. The van der Waals surface area contributed by atoms with E-state index >= 15 is 0 Å². The highest BCUT2D eigenvalue weighted by Crippen LogP contribution is 2.12. The van der Waals surface area contributed by atoms with Crippen LogP contribution in [0.3, 0.4) is 0 Å². The van der Waals surface area contributed by atoms with Crippen molar-refractivity contribution in [1.82, 2.24) is 25.1 Å². The quantitative estimate of drug-likeness (QED) is 0.488. The fourth-order valence-electron chi connectivity index (χ4n) is 1.09. The first-order chi connectivity index (χ1) is 8.34. The number of carbonyl (C=O) groups is 1. The van der Waals surface area contributed by atoms with Crippen LogP contribution in [0.1, 0.15) is 0 Å². The van der Waals surface area contributed by atoms with Crippen LogP contribution in [0.4, 0.5) is 10.6 Å². The van der Waals surface area contributed by atoms with Crippen LogP contribution in [0.5, 0.6) is 0 Å². The highest BCUT2D eigenvalue weighted by atomic mass is 32.2. The Morgan fingerprint density at radius 3 is 2.67 bits per heavy atom. The summed E-state index contributed by atoms with van der Waals surface area (Å²) in [4.78, 5) is 12.4. The third kappa shape index (κ3) is 3.60.